The number of methoxy groups -OCH3 is 1. The summed E-state index contributed by atoms with van der Waals surface area (Å²) >= 11 is 0. The summed E-state index contributed by atoms with van der Waals surface area (Å²) in [5, 5.41) is 2.76. The normalized spacial score (nSPS) is 15.3. The van der Waals surface area contributed by atoms with Crippen LogP contribution in [0.15, 0.2) is 55.1 Å². The molecule has 1 unspecified atom stereocenters. The number of nitrogens with zero attached hydrogens (tertiary/aromatic N) is 1. The summed E-state index contributed by atoms with van der Waals surface area (Å²) < 4.78 is 16.4. The predicted molar refractivity (Wildman–Crippen MR) is 106 cm³/mol. The maximum Gasteiger partial charge on any atom is 0.268 e. The lowest BCUT2D eigenvalue weighted by Gasteiger charge is -2.32. The number of anilines is 2. The van der Waals surface area contributed by atoms with Gasteiger partial charge in [-0.2, -0.15) is 0 Å². The number of fused-ring (bicyclic) bond motifs is 1. The van der Waals surface area contributed by atoms with Gasteiger partial charge < -0.3 is 24.4 Å². The molecule has 0 aromatic heterocycles. The molecule has 1 N–H and O–H groups in total. The minimum Gasteiger partial charge on any atom is -0.493 e. The van der Waals surface area contributed by atoms with Crippen molar-refractivity contribution in [3.63, 3.8) is 0 Å². The van der Waals surface area contributed by atoms with Crippen LogP contribution in [0.1, 0.15) is 6.92 Å². The first kappa shape index (κ1) is 19.3. The van der Waals surface area contributed by atoms with Gasteiger partial charge in [0.15, 0.2) is 24.2 Å². The van der Waals surface area contributed by atoms with Gasteiger partial charge in [-0.1, -0.05) is 18.2 Å². The molecule has 0 saturated heterocycles. The number of carbonyl (C=O) groups is 2. The lowest BCUT2D eigenvalue weighted by atomic mass is 10.1. The molecule has 1 aliphatic rings. The van der Waals surface area contributed by atoms with Crippen molar-refractivity contribution in [2.45, 2.75) is 13.0 Å². The Morgan fingerprint density at radius 2 is 2.04 bits per heavy atom. The summed E-state index contributed by atoms with van der Waals surface area (Å²) in [5.74, 6) is 1.11. The maximum atomic E-state index is 12.3. The molecule has 0 bridgehead atoms. The summed E-state index contributed by atoms with van der Waals surface area (Å²) in [5.41, 5.74) is 1.19. The smallest absolute Gasteiger partial charge is 0.268 e. The second-order valence-corrected chi connectivity index (χ2v) is 6.17. The third kappa shape index (κ3) is 4.09. The number of ether oxygens (including phenoxy) is 3. The van der Waals surface area contributed by atoms with Gasteiger partial charge in [-0.3, -0.25) is 9.59 Å². The van der Waals surface area contributed by atoms with Crippen LogP contribution >= 0.6 is 0 Å². The minimum absolute atomic E-state index is 0.130. The fourth-order valence-corrected chi connectivity index (χ4v) is 2.88. The van der Waals surface area contributed by atoms with Crippen molar-refractivity contribution in [2.24, 2.45) is 0 Å². The van der Waals surface area contributed by atoms with Crippen LogP contribution in [0.4, 0.5) is 11.4 Å². The Balaban J connectivity index is 1.68. The van der Waals surface area contributed by atoms with Gasteiger partial charge in [0.2, 0.25) is 0 Å². The molecule has 146 valence electrons. The number of rotatable bonds is 7. The summed E-state index contributed by atoms with van der Waals surface area (Å²) in [6.07, 6.45) is 1.05. The molecule has 2 aromatic carbocycles. The third-order valence-electron chi connectivity index (χ3n) is 4.19. The van der Waals surface area contributed by atoms with Crippen molar-refractivity contribution >= 4 is 23.2 Å². The van der Waals surface area contributed by atoms with Gasteiger partial charge in [0, 0.05) is 18.3 Å². The van der Waals surface area contributed by atoms with E-state index < -0.39 is 6.10 Å². The van der Waals surface area contributed by atoms with Crippen LogP contribution in [0.5, 0.6) is 17.2 Å². The van der Waals surface area contributed by atoms with Crippen LogP contribution < -0.4 is 24.4 Å². The summed E-state index contributed by atoms with van der Waals surface area (Å²) in [7, 11) is 1.54. The molecule has 0 fully saturated rings. The average Bonchev–Trinajstić information content (AvgIpc) is 2.70. The third-order valence-corrected chi connectivity index (χ3v) is 4.19. The van der Waals surface area contributed by atoms with E-state index in [2.05, 4.69) is 11.9 Å². The second-order valence-electron chi connectivity index (χ2n) is 6.17. The molecular weight excluding hydrogens is 360 g/mol. The van der Waals surface area contributed by atoms with Crippen LogP contribution in [0.3, 0.4) is 0 Å². The number of carbonyl (C=O) groups excluding carboxylic acids is 2. The highest BCUT2D eigenvalue weighted by molar-refractivity contribution is 6.01. The molecule has 7 heteroatoms. The van der Waals surface area contributed by atoms with E-state index in [0.717, 1.165) is 0 Å². The monoisotopic (exact) mass is 382 g/mol. The fraction of sp³-hybridized carbons (Fsp3) is 0.238. The Kier molecular flexibility index (Phi) is 5.84. The van der Waals surface area contributed by atoms with Crippen LogP contribution in [0, 0.1) is 0 Å². The predicted octanol–water partition coefficient (Wildman–Crippen LogP) is 3.01. The van der Waals surface area contributed by atoms with Crippen molar-refractivity contribution in [1.29, 1.82) is 0 Å². The van der Waals surface area contributed by atoms with E-state index in [4.69, 9.17) is 14.2 Å². The molecule has 1 aliphatic heterocycles. The van der Waals surface area contributed by atoms with Crippen LogP contribution in [0.25, 0.3) is 0 Å². The summed E-state index contributed by atoms with van der Waals surface area (Å²) in [4.78, 5) is 26.1. The Labute approximate surface area is 163 Å². The number of para-hydroxylation sites is 2. The minimum atomic E-state index is -0.604. The molecule has 1 heterocycles. The fourth-order valence-electron chi connectivity index (χ4n) is 2.88. The Morgan fingerprint density at radius 3 is 2.75 bits per heavy atom. The Bertz CT molecular complexity index is 896. The van der Waals surface area contributed by atoms with Crippen molar-refractivity contribution in [3.8, 4) is 17.2 Å². The standard InChI is InChI=1S/C21H22N2O5/c1-4-11-23-16-10-9-15(12-19(16)28-14(2)21(23)25)22-20(24)13-27-18-8-6-5-7-17(18)26-3/h4-10,12,14H,1,11,13H2,2-3H3,(H,22,24). The van der Waals surface area contributed by atoms with E-state index in [-0.39, 0.29) is 18.4 Å². The van der Waals surface area contributed by atoms with E-state index in [0.29, 0.717) is 35.2 Å². The molecule has 0 radical (unpaired) electrons. The Morgan fingerprint density at radius 1 is 1.29 bits per heavy atom. The average molecular weight is 382 g/mol. The SMILES string of the molecule is C=CCN1C(=O)C(C)Oc2cc(NC(=O)COc3ccccc3OC)ccc21. The molecule has 0 saturated carbocycles. The van der Waals surface area contributed by atoms with Gasteiger partial charge >= 0.3 is 0 Å². The van der Waals surface area contributed by atoms with Crippen LogP contribution in [0.2, 0.25) is 0 Å². The number of hydrogen-bond acceptors (Lipinski definition) is 5. The number of nitrogens with one attached hydrogen (secondary N) is 1. The molecular formula is C21H22N2O5. The molecule has 2 amide bonds. The van der Waals surface area contributed by atoms with E-state index in [9.17, 15) is 9.59 Å². The highest BCUT2D eigenvalue weighted by Gasteiger charge is 2.30. The zero-order valence-corrected chi connectivity index (χ0v) is 15.8. The largest absolute Gasteiger partial charge is 0.493 e. The van der Waals surface area contributed by atoms with Crippen LogP contribution in [-0.4, -0.2) is 38.2 Å². The number of amides is 2. The lowest BCUT2D eigenvalue weighted by molar-refractivity contribution is -0.125. The van der Waals surface area contributed by atoms with Crippen molar-refractivity contribution in [1.82, 2.24) is 0 Å². The molecule has 7 nitrogen and oxygen atoms in total. The zero-order chi connectivity index (χ0) is 20.1. The highest BCUT2D eigenvalue weighted by Crippen LogP contribution is 2.36. The van der Waals surface area contributed by atoms with Gasteiger partial charge in [-0.25, -0.2) is 0 Å². The number of hydrogen-bond donors (Lipinski definition) is 1. The van der Waals surface area contributed by atoms with E-state index in [1.807, 2.05) is 6.07 Å². The van der Waals surface area contributed by atoms with Gasteiger partial charge in [0.1, 0.15) is 5.75 Å². The summed E-state index contributed by atoms with van der Waals surface area (Å²) in [6.45, 7) is 5.59. The van der Waals surface area contributed by atoms with E-state index in [1.165, 1.54) is 7.11 Å². The first-order valence-corrected chi connectivity index (χ1v) is 8.82. The quantitative estimate of drug-likeness (QED) is 0.745. The molecule has 1 atom stereocenters. The molecule has 3 rings (SSSR count). The first-order valence-electron chi connectivity index (χ1n) is 8.82. The second kappa shape index (κ2) is 8.47. The van der Waals surface area contributed by atoms with Crippen molar-refractivity contribution in [2.75, 3.05) is 30.5 Å². The number of benzene rings is 2. The van der Waals surface area contributed by atoms with Crippen LogP contribution in [-0.2, 0) is 9.59 Å². The van der Waals surface area contributed by atoms with E-state index in [1.54, 1.807) is 54.3 Å². The van der Waals surface area contributed by atoms with Crippen molar-refractivity contribution < 1.29 is 23.8 Å². The lowest BCUT2D eigenvalue weighted by Crippen LogP contribution is -2.44. The molecule has 2 aromatic rings. The highest BCUT2D eigenvalue weighted by atomic mass is 16.5. The molecule has 0 spiro atoms. The maximum absolute atomic E-state index is 12.3. The van der Waals surface area contributed by atoms with Gasteiger partial charge in [0.05, 0.1) is 12.8 Å². The van der Waals surface area contributed by atoms with E-state index >= 15 is 0 Å². The molecule has 28 heavy (non-hydrogen) atoms. The molecule has 0 aliphatic carbocycles. The summed E-state index contributed by atoms with van der Waals surface area (Å²) in [6, 6.07) is 12.2. The first-order chi connectivity index (χ1) is 13.5. The van der Waals surface area contributed by atoms with Crippen molar-refractivity contribution in [3.05, 3.63) is 55.1 Å². The zero-order valence-electron chi connectivity index (χ0n) is 15.8. The van der Waals surface area contributed by atoms with Gasteiger partial charge in [0.25, 0.3) is 11.8 Å². The topological polar surface area (TPSA) is 77.1 Å². The van der Waals surface area contributed by atoms with Gasteiger partial charge in [-0.15, -0.1) is 6.58 Å². The Hall–Kier alpha value is -3.48. The van der Waals surface area contributed by atoms with Gasteiger partial charge in [-0.05, 0) is 31.2 Å².